The number of anilines is 1. The second kappa shape index (κ2) is 10.4. The van der Waals surface area contributed by atoms with Crippen molar-refractivity contribution < 1.29 is 8.42 Å². The Morgan fingerprint density at radius 3 is 2.44 bits per heavy atom. The van der Waals surface area contributed by atoms with Crippen molar-refractivity contribution in [1.82, 2.24) is 9.29 Å². The van der Waals surface area contributed by atoms with E-state index in [1.165, 1.54) is 24.9 Å². The van der Waals surface area contributed by atoms with E-state index in [4.69, 9.17) is 11.6 Å². The SMILES string of the molecule is C[C@@H](NS(=O)(=O)c1ccc2c(c1)sc(=O)n2Cc1ccccc1Cl)c1ccc(N2CCCCC2)cc1. The van der Waals surface area contributed by atoms with E-state index in [2.05, 4.69) is 21.8 Å². The van der Waals surface area contributed by atoms with Crippen molar-refractivity contribution in [3.05, 3.63) is 92.5 Å². The van der Waals surface area contributed by atoms with Crippen LogP contribution in [0.5, 0.6) is 0 Å². The molecule has 1 aromatic heterocycles. The van der Waals surface area contributed by atoms with Gasteiger partial charge < -0.3 is 4.90 Å². The van der Waals surface area contributed by atoms with Crippen LogP contribution in [0.25, 0.3) is 10.2 Å². The minimum atomic E-state index is -3.79. The number of fused-ring (bicyclic) bond motifs is 1. The zero-order valence-electron chi connectivity index (χ0n) is 20.0. The van der Waals surface area contributed by atoms with Gasteiger partial charge in [0.05, 0.1) is 21.7 Å². The summed E-state index contributed by atoms with van der Waals surface area (Å²) in [5.41, 5.74) is 3.59. The average molecular weight is 542 g/mol. The maximum absolute atomic E-state index is 13.2. The molecule has 5 rings (SSSR count). The van der Waals surface area contributed by atoms with Crippen molar-refractivity contribution in [2.75, 3.05) is 18.0 Å². The molecule has 4 aromatic rings. The summed E-state index contributed by atoms with van der Waals surface area (Å²) in [6, 6.07) is 19.9. The molecule has 6 nitrogen and oxygen atoms in total. The highest BCUT2D eigenvalue weighted by atomic mass is 35.5. The summed E-state index contributed by atoms with van der Waals surface area (Å²) >= 11 is 7.31. The molecule has 0 aliphatic carbocycles. The predicted octanol–water partition coefficient (Wildman–Crippen LogP) is 5.79. The number of thiazole rings is 1. The summed E-state index contributed by atoms with van der Waals surface area (Å²) < 4.78 is 31.4. The number of hydrogen-bond acceptors (Lipinski definition) is 5. The van der Waals surface area contributed by atoms with Crippen molar-refractivity contribution >= 4 is 48.9 Å². The molecule has 0 radical (unpaired) electrons. The molecule has 3 aromatic carbocycles. The van der Waals surface area contributed by atoms with E-state index in [0.717, 1.165) is 35.6 Å². The van der Waals surface area contributed by atoms with Gasteiger partial charge in [-0.25, -0.2) is 13.1 Å². The van der Waals surface area contributed by atoms with Crippen molar-refractivity contribution in [2.45, 2.75) is 43.7 Å². The Kier molecular flexibility index (Phi) is 7.21. The number of piperidine rings is 1. The van der Waals surface area contributed by atoms with E-state index >= 15 is 0 Å². The predicted molar refractivity (Wildman–Crippen MR) is 148 cm³/mol. The quantitative estimate of drug-likeness (QED) is 0.321. The second-order valence-corrected chi connectivity index (χ2v) is 12.3. The number of nitrogens with one attached hydrogen (secondary N) is 1. The molecule has 2 heterocycles. The molecular formula is C27H28ClN3O3S2. The van der Waals surface area contributed by atoms with Gasteiger partial charge in [0.1, 0.15) is 0 Å². The van der Waals surface area contributed by atoms with Gasteiger partial charge in [-0.15, -0.1) is 0 Å². The molecular weight excluding hydrogens is 514 g/mol. The lowest BCUT2D eigenvalue weighted by Gasteiger charge is -2.29. The van der Waals surface area contributed by atoms with Gasteiger partial charge in [-0.05, 0) is 73.7 Å². The number of rotatable bonds is 7. The fraction of sp³-hybridized carbons (Fsp3) is 0.296. The van der Waals surface area contributed by atoms with Crippen LogP contribution in [0.1, 0.15) is 43.4 Å². The number of nitrogens with zero attached hydrogens (tertiary/aromatic N) is 2. The molecule has 1 fully saturated rings. The second-order valence-electron chi connectivity index (χ2n) is 9.16. The lowest BCUT2D eigenvalue weighted by Crippen LogP contribution is -2.29. The molecule has 0 saturated carbocycles. The largest absolute Gasteiger partial charge is 0.372 e. The van der Waals surface area contributed by atoms with Crippen molar-refractivity contribution in [2.24, 2.45) is 0 Å². The van der Waals surface area contributed by atoms with Crippen LogP contribution in [0.15, 0.2) is 76.4 Å². The summed E-state index contributed by atoms with van der Waals surface area (Å²) in [7, 11) is -3.79. The van der Waals surface area contributed by atoms with Crippen LogP contribution in [0, 0.1) is 0 Å². The van der Waals surface area contributed by atoms with Crippen LogP contribution in [0.2, 0.25) is 5.02 Å². The summed E-state index contributed by atoms with van der Waals surface area (Å²) in [6.45, 7) is 4.30. The van der Waals surface area contributed by atoms with Gasteiger partial charge in [-0.3, -0.25) is 9.36 Å². The molecule has 0 unspecified atom stereocenters. The molecule has 9 heteroatoms. The molecule has 0 spiro atoms. The van der Waals surface area contributed by atoms with E-state index < -0.39 is 16.1 Å². The first-order valence-corrected chi connectivity index (χ1v) is 14.7. The summed E-state index contributed by atoms with van der Waals surface area (Å²) in [4.78, 5) is 15.0. The van der Waals surface area contributed by atoms with Crippen molar-refractivity contribution in [3.63, 3.8) is 0 Å². The van der Waals surface area contributed by atoms with E-state index in [1.807, 2.05) is 37.3 Å². The lowest BCUT2D eigenvalue weighted by atomic mass is 10.1. The topological polar surface area (TPSA) is 71.4 Å². The maximum Gasteiger partial charge on any atom is 0.308 e. The zero-order chi connectivity index (χ0) is 25.3. The van der Waals surface area contributed by atoms with Crippen molar-refractivity contribution in [1.29, 1.82) is 0 Å². The van der Waals surface area contributed by atoms with Gasteiger partial charge in [-0.2, -0.15) is 0 Å². The monoisotopic (exact) mass is 541 g/mol. The van der Waals surface area contributed by atoms with E-state index in [0.29, 0.717) is 21.8 Å². The molecule has 1 aliphatic heterocycles. The van der Waals surface area contributed by atoms with Crippen LogP contribution >= 0.6 is 22.9 Å². The van der Waals surface area contributed by atoms with Gasteiger partial charge in [0, 0.05) is 29.8 Å². The van der Waals surface area contributed by atoms with Crippen LogP contribution in [0.3, 0.4) is 0 Å². The Hall–Kier alpha value is -2.65. The molecule has 1 aliphatic rings. The van der Waals surface area contributed by atoms with Crippen LogP contribution in [0.4, 0.5) is 5.69 Å². The number of hydrogen-bond donors (Lipinski definition) is 1. The van der Waals surface area contributed by atoms with Crippen LogP contribution in [-0.2, 0) is 16.6 Å². The maximum atomic E-state index is 13.2. The molecule has 0 amide bonds. The minimum Gasteiger partial charge on any atom is -0.372 e. The Balaban J connectivity index is 1.34. The number of halogens is 1. The van der Waals surface area contributed by atoms with Gasteiger partial charge in [0.2, 0.25) is 10.0 Å². The summed E-state index contributed by atoms with van der Waals surface area (Å²) in [5, 5.41) is 0.588. The third-order valence-corrected chi connectivity index (χ3v) is 9.53. The Morgan fingerprint density at radius 2 is 1.72 bits per heavy atom. The molecule has 0 bridgehead atoms. The Morgan fingerprint density at radius 1 is 1.00 bits per heavy atom. The molecule has 1 N–H and O–H groups in total. The third kappa shape index (κ3) is 5.22. The number of benzene rings is 3. The lowest BCUT2D eigenvalue weighted by molar-refractivity contribution is 0.566. The molecule has 1 saturated heterocycles. The molecule has 36 heavy (non-hydrogen) atoms. The van der Waals surface area contributed by atoms with E-state index in [1.54, 1.807) is 28.8 Å². The van der Waals surface area contributed by atoms with Crippen molar-refractivity contribution in [3.8, 4) is 0 Å². The first-order valence-electron chi connectivity index (χ1n) is 12.1. The Bertz CT molecular complexity index is 1540. The van der Waals surface area contributed by atoms with Crippen LogP contribution < -0.4 is 14.5 Å². The summed E-state index contributed by atoms with van der Waals surface area (Å²) in [5.74, 6) is 0. The van der Waals surface area contributed by atoms with Gasteiger partial charge in [0.15, 0.2) is 0 Å². The normalized spacial score (nSPS) is 15.3. The highest BCUT2D eigenvalue weighted by Gasteiger charge is 2.21. The first-order chi connectivity index (χ1) is 17.3. The smallest absolute Gasteiger partial charge is 0.308 e. The molecule has 188 valence electrons. The number of aromatic nitrogens is 1. The number of sulfonamides is 1. The minimum absolute atomic E-state index is 0.137. The van der Waals surface area contributed by atoms with Gasteiger partial charge in [0.25, 0.3) is 0 Å². The average Bonchev–Trinajstić information content (AvgIpc) is 3.20. The highest BCUT2D eigenvalue weighted by Crippen LogP contribution is 2.26. The highest BCUT2D eigenvalue weighted by molar-refractivity contribution is 7.89. The Labute approximate surface area is 220 Å². The fourth-order valence-electron chi connectivity index (χ4n) is 4.66. The third-order valence-electron chi connectivity index (χ3n) is 6.68. The van der Waals surface area contributed by atoms with Crippen LogP contribution in [-0.4, -0.2) is 26.1 Å². The van der Waals surface area contributed by atoms with E-state index in [9.17, 15) is 13.2 Å². The zero-order valence-corrected chi connectivity index (χ0v) is 22.4. The molecule has 1 atom stereocenters. The summed E-state index contributed by atoms with van der Waals surface area (Å²) in [6.07, 6.45) is 3.70. The van der Waals surface area contributed by atoms with Gasteiger partial charge >= 0.3 is 4.87 Å². The first kappa shape index (κ1) is 25.0. The van der Waals surface area contributed by atoms with Gasteiger partial charge in [-0.1, -0.05) is 53.3 Å². The van der Waals surface area contributed by atoms with E-state index in [-0.39, 0.29) is 9.77 Å². The standard InChI is InChI=1S/C27H28ClN3O3S2/c1-19(20-9-11-22(12-10-20)30-15-5-2-6-16-30)29-36(33,34)23-13-14-25-26(17-23)35-27(32)31(25)18-21-7-3-4-8-24(21)28/h3-4,7-14,17,19,29H,2,5-6,15-16,18H2,1H3/t19-/m1/s1. The fourth-order valence-corrected chi connectivity index (χ4v) is 7.11.